The lowest BCUT2D eigenvalue weighted by Crippen LogP contribution is -2.37. The maximum Gasteiger partial charge on any atom is 0.418 e. The van der Waals surface area contributed by atoms with Crippen LogP contribution in [0.2, 0.25) is 0 Å². The third kappa shape index (κ3) is 5.88. The molecule has 0 atom stereocenters. The highest BCUT2D eigenvalue weighted by Crippen LogP contribution is 2.38. The van der Waals surface area contributed by atoms with E-state index in [4.69, 9.17) is 4.74 Å². The van der Waals surface area contributed by atoms with E-state index in [0.29, 0.717) is 60.6 Å². The zero-order valence-electron chi connectivity index (χ0n) is 22.5. The van der Waals surface area contributed by atoms with Gasteiger partial charge in [-0.25, -0.2) is 9.97 Å². The van der Waals surface area contributed by atoms with Gasteiger partial charge in [-0.1, -0.05) is 6.07 Å². The number of fused-ring (bicyclic) bond motifs is 1. The number of carbonyl (C=O) groups excluding carboxylic acids is 2. The summed E-state index contributed by atoms with van der Waals surface area (Å²) in [6, 6.07) is 8.87. The molecule has 2 aliphatic rings. The molecule has 13 heteroatoms. The van der Waals surface area contributed by atoms with Gasteiger partial charge < -0.3 is 25.6 Å². The summed E-state index contributed by atoms with van der Waals surface area (Å²) in [5.74, 6) is -0.372. The Labute approximate surface area is 243 Å². The van der Waals surface area contributed by atoms with Crippen molar-refractivity contribution >= 4 is 56.2 Å². The molecular formula is C29H27F3N6O3S. The minimum absolute atomic E-state index is 0.0179. The topological polar surface area (TPSA) is 108 Å². The van der Waals surface area contributed by atoms with Crippen molar-refractivity contribution in [2.45, 2.75) is 32.0 Å². The van der Waals surface area contributed by atoms with Gasteiger partial charge in [0.15, 0.2) is 0 Å². The Hall–Kier alpha value is -4.23. The van der Waals surface area contributed by atoms with Crippen molar-refractivity contribution in [2.75, 3.05) is 47.2 Å². The molecule has 0 bridgehead atoms. The summed E-state index contributed by atoms with van der Waals surface area (Å²) in [4.78, 5) is 36.5. The normalized spacial score (nSPS) is 15.5. The number of morpholine rings is 1. The highest BCUT2D eigenvalue weighted by Gasteiger charge is 2.36. The maximum atomic E-state index is 13.9. The molecule has 1 aliphatic carbocycles. The standard InChI is InChI=1S/C29H27F3N6O3S/c1-16-2-4-19(36-27(39)17-3-7-23(21(12-17)29(30,31)32)38-8-10-41-11-9-38)13-22(16)37-28(40)20-14-42-25-24(20)33-15-34-26(25)35-18-5-6-18/h2-4,7,12-15,18H,5-6,8-11H2,1H3,(H,36,39)(H,37,40)(H,33,34,35). The fraction of sp³-hybridized carbons (Fsp3) is 0.310. The molecule has 9 nitrogen and oxygen atoms in total. The lowest BCUT2D eigenvalue weighted by Gasteiger charge is -2.31. The van der Waals surface area contributed by atoms with Gasteiger partial charge >= 0.3 is 6.18 Å². The second-order valence-electron chi connectivity index (χ2n) is 10.2. The van der Waals surface area contributed by atoms with Gasteiger partial charge in [0.1, 0.15) is 12.1 Å². The smallest absolute Gasteiger partial charge is 0.378 e. The molecule has 2 aromatic carbocycles. The first-order chi connectivity index (χ1) is 20.2. The SMILES string of the molecule is Cc1ccc(NC(=O)c2ccc(N3CCOCC3)c(C(F)(F)F)c2)cc1NC(=O)c1csc2c(NC3CC3)ncnc12. The first-order valence-corrected chi connectivity index (χ1v) is 14.3. The van der Waals surface area contributed by atoms with Crippen LogP contribution in [0.5, 0.6) is 0 Å². The predicted octanol–water partition coefficient (Wildman–Crippen LogP) is 5.93. The number of hydrogen-bond donors (Lipinski definition) is 3. The Morgan fingerprint density at radius 1 is 1.02 bits per heavy atom. The lowest BCUT2D eigenvalue weighted by atomic mass is 10.1. The number of aryl methyl sites for hydroxylation is 1. The summed E-state index contributed by atoms with van der Waals surface area (Å²) < 4.78 is 47.9. The Morgan fingerprint density at radius 2 is 1.81 bits per heavy atom. The summed E-state index contributed by atoms with van der Waals surface area (Å²) in [5.41, 5.74) is 1.44. The Kier molecular flexibility index (Phi) is 7.45. The van der Waals surface area contributed by atoms with Crippen molar-refractivity contribution in [1.29, 1.82) is 0 Å². The van der Waals surface area contributed by atoms with E-state index in [1.54, 1.807) is 35.4 Å². The molecule has 42 heavy (non-hydrogen) atoms. The Morgan fingerprint density at radius 3 is 2.55 bits per heavy atom. The van der Waals surface area contributed by atoms with Gasteiger partial charge in [-0.2, -0.15) is 13.2 Å². The van der Waals surface area contributed by atoms with Gasteiger partial charge in [0.25, 0.3) is 11.8 Å². The number of thiophene rings is 1. The molecule has 3 N–H and O–H groups in total. The van der Waals surface area contributed by atoms with E-state index in [1.165, 1.54) is 29.8 Å². The Bertz CT molecular complexity index is 1660. The second-order valence-corrected chi connectivity index (χ2v) is 11.1. The highest BCUT2D eigenvalue weighted by atomic mass is 32.1. The van der Waals surface area contributed by atoms with E-state index >= 15 is 0 Å². The average molecular weight is 597 g/mol. The van der Waals surface area contributed by atoms with Crippen LogP contribution in [0.4, 0.5) is 36.1 Å². The number of hydrogen-bond acceptors (Lipinski definition) is 8. The van der Waals surface area contributed by atoms with Crippen LogP contribution in [-0.2, 0) is 10.9 Å². The van der Waals surface area contributed by atoms with Crippen molar-refractivity contribution in [2.24, 2.45) is 0 Å². The molecule has 6 rings (SSSR count). The number of nitrogens with zero attached hydrogens (tertiary/aromatic N) is 3. The van der Waals surface area contributed by atoms with Crippen molar-refractivity contribution < 1.29 is 27.5 Å². The molecule has 3 heterocycles. The number of aromatic nitrogens is 2. The summed E-state index contributed by atoms with van der Waals surface area (Å²) in [6.45, 7) is 3.13. The zero-order chi connectivity index (χ0) is 29.4. The monoisotopic (exact) mass is 596 g/mol. The fourth-order valence-electron chi connectivity index (χ4n) is 4.75. The van der Waals surface area contributed by atoms with Crippen LogP contribution in [0, 0.1) is 6.92 Å². The Balaban J connectivity index is 1.20. The number of alkyl halides is 3. The van der Waals surface area contributed by atoms with Gasteiger partial charge in [-0.15, -0.1) is 11.3 Å². The number of amides is 2. The molecule has 2 aromatic heterocycles. The highest BCUT2D eigenvalue weighted by molar-refractivity contribution is 7.18. The molecule has 0 radical (unpaired) electrons. The molecule has 2 amide bonds. The maximum absolute atomic E-state index is 13.9. The third-order valence-electron chi connectivity index (χ3n) is 7.18. The van der Waals surface area contributed by atoms with Crippen LogP contribution < -0.4 is 20.9 Å². The van der Waals surface area contributed by atoms with E-state index < -0.39 is 17.6 Å². The molecule has 4 aromatic rings. The van der Waals surface area contributed by atoms with Crippen molar-refractivity contribution in [3.63, 3.8) is 0 Å². The lowest BCUT2D eigenvalue weighted by molar-refractivity contribution is -0.137. The number of ether oxygens (including phenoxy) is 1. The van der Waals surface area contributed by atoms with Gasteiger partial charge in [-0.3, -0.25) is 9.59 Å². The van der Waals surface area contributed by atoms with Crippen LogP contribution in [0.15, 0.2) is 48.1 Å². The number of rotatable bonds is 7. The summed E-state index contributed by atoms with van der Waals surface area (Å²) in [5, 5.41) is 10.6. The van der Waals surface area contributed by atoms with Crippen LogP contribution in [0.1, 0.15) is 44.7 Å². The molecular weight excluding hydrogens is 569 g/mol. The molecule has 1 saturated heterocycles. The van der Waals surface area contributed by atoms with Crippen molar-refractivity contribution in [3.8, 4) is 0 Å². The first kappa shape index (κ1) is 27.9. The van der Waals surface area contributed by atoms with E-state index in [0.717, 1.165) is 29.2 Å². The van der Waals surface area contributed by atoms with E-state index in [9.17, 15) is 22.8 Å². The summed E-state index contributed by atoms with van der Waals surface area (Å²) in [6.07, 6.45) is -1.05. The minimum Gasteiger partial charge on any atom is -0.378 e. The molecule has 0 spiro atoms. The van der Waals surface area contributed by atoms with Crippen molar-refractivity contribution in [1.82, 2.24) is 9.97 Å². The molecule has 1 saturated carbocycles. The molecule has 2 fully saturated rings. The molecule has 0 unspecified atom stereocenters. The van der Waals surface area contributed by atoms with E-state index in [-0.39, 0.29) is 17.2 Å². The van der Waals surface area contributed by atoms with Gasteiger partial charge in [0, 0.05) is 47.1 Å². The fourth-order valence-corrected chi connectivity index (χ4v) is 5.70. The number of benzene rings is 2. The van der Waals surface area contributed by atoms with E-state index in [2.05, 4.69) is 25.9 Å². The third-order valence-corrected chi connectivity index (χ3v) is 8.15. The van der Waals surface area contributed by atoms with Gasteiger partial charge in [0.05, 0.1) is 34.6 Å². The molecule has 218 valence electrons. The zero-order valence-corrected chi connectivity index (χ0v) is 23.4. The summed E-state index contributed by atoms with van der Waals surface area (Å²) >= 11 is 1.38. The van der Waals surface area contributed by atoms with Crippen molar-refractivity contribution in [3.05, 3.63) is 70.4 Å². The average Bonchev–Trinajstić information content (AvgIpc) is 3.68. The largest absolute Gasteiger partial charge is 0.418 e. The second kappa shape index (κ2) is 11.2. The number of carbonyl (C=O) groups is 2. The predicted molar refractivity (Wildman–Crippen MR) is 156 cm³/mol. The minimum atomic E-state index is -4.64. The first-order valence-electron chi connectivity index (χ1n) is 13.4. The molecule has 1 aliphatic heterocycles. The van der Waals surface area contributed by atoms with Crippen LogP contribution >= 0.6 is 11.3 Å². The number of nitrogens with one attached hydrogen (secondary N) is 3. The van der Waals surface area contributed by atoms with E-state index in [1.807, 2.05) is 0 Å². The number of anilines is 4. The summed E-state index contributed by atoms with van der Waals surface area (Å²) in [7, 11) is 0. The van der Waals surface area contributed by atoms with Crippen LogP contribution in [0.3, 0.4) is 0 Å². The van der Waals surface area contributed by atoms with Crippen LogP contribution in [-0.4, -0.2) is 54.1 Å². The quantitative estimate of drug-likeness (QED) is 0.243. The van der Waals surface area contributed by atoms with Gasteiger partial charge in [0.2, 0.25) is 0 Å². The van der Waals surface area contributed by atoms with Gasteiger partial charge in [-0.05, 0) is 55.7 Å². The number of halogens is 3. The van der Waals surface area contributed by atoms with Crippen LogP contribution in [0.25, 0.3) is 10.2 Å².